The van der Waals surface area contributed by atoms with E-state index >= 15 is 0 Å². The number of hydrogen-bond acceptors (Lipinski definition) is 2. The van der Waals surface area contributed by atoms with Crippen molar-refractivity contribution in [2.45, 2.75) is 6.61 Å². The van der Waals surface area contributed by atoms with E-state index in [-0.39, 0.29) is 0 Å². The normalized spacial score (nSPS) is 10.7. The Morgan fingerprint density at radius 3 is 2.61 bits per heavy atom. The molecule has 0 fully saturated rings. The van der Waals surface area contributed by atoms with E-state index in [0.29, 0.717) is 6.61 Å². The number of nitrogens with zero attached hydrogens (tertiary/aromatic N) is 1. The molecule has 3 nitrogen and oxygen atoms in total. The summed E-state index contributed by atoms with van der Waals surface area (Å²) in [5.41, 5.74) is 8.81. The van der Waals surface area contributed by atoms with Crippen molar-refractivity contribution in [3.63, 3.8) is 0 Å². The van der Waals surface area contributed by atoms with Crippen molar-refractivity contribution in [2.75, 3.05) is 5.73 Å². The molecule has 0 saturated heterocycles. The van der Waals surface area contributed by atoms with Gasteiger partial charge in [0.2, 0.25) is 0 Å². The highest BCUT2D eigenvalue weighted by molar-refractivity contribution is 5.90. The zero-order valence-corrected chi connectivity index (χ0v) is 9.91. The summed E-state index contributed by atoms with van der Waals surface area (Å²) in [6, 6.07) is 17.9. The van der Waals surface area contributed by atoms with Crippen LogP contribution in [-0.4, -0.2) is 4.73 Å². The molecular formula is C15H14N2O. The van der Waals surface area contributed by atoms with Gasteiger partial charge in [0, 0.05) is 17.3 Å². The number of benzene rings is 2. The maximum atomic E-state index is 5.91. The number of rotatable bonds is 3. The molecular weight excluding hydrogens is 224 g/mol. The SMILES string of the molecule is Nc1cccc2c1ccn2OCc1ccccc1. The first-order chi connectivity index (χ1) is 8.84. The second-order valence-corrected chi connectivity index (χ2v) is 4.18. The standard InChI is InChI=1S/C15H14N2O/c16-14-7-4-8-15-13(14)9-10-17(15)18-11-12-5-2-1-3-6-12/h1-10H,11,16H2. The fourth-order valence-corrected chi connectivity index (χ4v) is 2.00. The van der Waals surface area contributed by atoms with Gasteiger partial charge in [-0.3, -0.25) is 0 Å². The van der Waals surface area contributed by atoms with Gasteiger partial charge >= 0.3 is 0 Å². The highest BCUT2D eigenvalue weighted by atomic mass is 16.7. The Labute approximate surface area is 105 Å². The van der Waals surface area contributed by atoms with Gasteiger partial charge in [0.15, 0.2) is 0 Å². The molecule has 0 aliphatic heterocycles. The molecule has 0 atom stereocenters. The van der Waals surface area contributed by atoms with Crippen molar-refractivity contribution in [3.8, 4) is 0 Å². The summed E-state index contributed by atoms with van der Waals surface area (Å²) in [6.07, 6.45) is 1.89. The molecule has 90 valence electrons. The zero-order chi connectivity index (χ0) is 12.4. The Morgan fingerprint density at radius 2 is 1.78 bits per heavy atom. The zero-order valence-electron chi connectivity index (χ0n) is 9.91. The number of nitrogens with two attached hydrogens (primary N) is 1. The van der Waals surface area contributed by atoms with E-state index in [1.807, 2.05) is 60.8 Å². The Morgan fingerprint density at radius 1 is 0.944 bits per heavy atom. The lowest BCUT2D eigenvalue weighted by atomic mass is 10.2. The molecule has 3 heteroatoms. The van der Waals surface area contributed by atoms with Crippen LogP contribution in [0.5, 0.6) is 0 Å². The predicted octanol–water partition coefficient (Wildman–Crippen LogP) is 2.85. The number of aromatic nitrogens is 1. The lowest BCUT2D eigenvalue weighted by Gasteiger charge is -2.08. The van der Waals surface area contributed by atoms with Crippen molar-refractivity contribution in [1.82, 2.24) is 4.73 Å². The summed E-state index contributed by atoms with van der Waals surface area (Å²) in [7, 11) is 0. The minimum absolute atomic E-state index is 0.541. The quantitative estimate of drug-likeness (QED) is 0.713. The molecule has 0 aliphatic rings. The van der Waals surface area contributed by atoms with Crippen LogP contribution >= 0.6 is 0 Å². The summed E-state index contributed by atoms with van der Waals surface area (Å²) >= 11 is 0. The molecule has 0 unspecified atom stereocenters. The molecule has 0 aliphatic carbocycles. The first kappa shape index (κ1) is 10.7. The molecule has 2 aromatic carbocycles. The van der Waals surface area contributed by atoms with Gasteiger partial charge in [-0.05, 0) is 23.8 Å². The third-order valence-corrected chi connectivity index (χ3v) is 2.94. The van der Waals surface area contributed by atoms with Crippen LogP contribution in [0.1, 0.15) is 5.56 Å². The van der Waals surface area contributed by atoms with E-state index in [1.54, 1.807) is 4.73 Å². The maximum Gasteiger partial charge on any atom is 0.140 e. The van der Waals surface area contributed by atoms with Gasteiger partial charge in [-0.15, -0.1) is 0 Å². The summed E-state index contributed by atoms with van der Waals surface area (Å²) < 4.78 is 1.76. The van der Waals surface area contributed by atoms with Crippen molar-refractivity contribution < 1.29 is 4.84 Å². The third-order valence-electron chi connectivity index (χ3n) is 2.94. The van der Waals surface area contributed by atoms with E-state index in [0.717, 1.165) is 22.2 Å². The van der Waals surface area contributed by atoms with Crippen LogP contribution in [0.3, 0.4) is 0 Å². The van der Waals surface area contributed by atoms with Crippen LogP contribution < -0.4 is 10.6 Å². The average Bonchev–Trinajstić information content (AvgIpc) is 2.82. The van der Waals surface area contributed by atoms with E-state index in [4.69, 9.17) is 10.6 Å². The summed E-state index contributed by atoms with van der Waals surface area (Å²) in [6.45, 7) is 0.541. The molecule has 3 aromatic rings. The molecule has 1 aromatic heterocycles. The topological polar surface area (TPSA) is 40.2 Å². The van der Waals surface area contributed by atoms with Crippen LogP contribution in [0.15, 0.2) is 60.8 Å². The van der Waals surface area contributed by atoms with Crippen LogP contribution in [-0.2, 0) is 6.61 Å². The number of anilines is 1. The van der Waals surface area contributed by atoms with Crippen LogP contribution in [0, 0.1) is 0 Å². The van der Waals surface area contributed by atoms with Crippen molar-refractivity contribution in [3.05, 3.63) is 66.4 Å². The van der Waals surface area contributed by atoms with Crippen LogP contribution in [0.2, 0.25) is 0 Å². The van der Waals surface area contributed by atoms with Gasteiger partial charge < -0.3 is 10.6 Å². The highest BCUT2D eigenvalue weighted by Gasteiger charge is 2.03. The van der Waals surface area contributed by atoms with Gasteiger partial charge in [-0.1, -0.05) is 36.4 Å². The average molecular weight is 238 g/mol. The van der Waals surface area contributed by atoms with Gasteiger partial charge in [-0.25, -0.2) is 0 Å². The van der Waals surface area contributed by atoms with Gasteiger partial charge in [0.25, 0.3) is 0 Å². The van der Waals surface area contributed by atoms with E-state index in [1.165, 1.54) is 0 Å². The molecule has 0 amide bonds. The molecule has 1 heterocycles. The summed E-state index contributed by atoms with van der Waals surface area (Å²) in [5.74, 6) is 0. The second kappa shape index (κ2) is 4.45. The van der Waals surface area contributed by atoms with E-state index < -0.39 is 0 Å². The summed E-state index contributed by atoms with van der Waals surface area (Å²) in [5, 5.41) is 1.02. The largest absolute Gasteiger partial charge is 0.409 e. The highest BCUT2D eigenvalue weighted by Crippen LogP contribution is 2.21. The first-order valence-electron chi connectivity index (χ1n) is 5.87. The molecule has 0 radical (unpaired) electrons. The fraction of sp³-hybridized carbons (Fsp3) is 0.0667. The molecule has 3 rings (SSSR count). The number of fused-ring (bicyclic) bond motifs is 1. The number of hydrogen-bond donors (Lipinski definition) is 1. The lowest BCUT2D eigenvalue weighted by Crippen LogP contribution is -2.09. The minimum Gasteiger partial charge on any atom is -0.409 e. The Kier molecular flexibility index (Phi) is 2.65. The third kappa shape index (κ3) is 1.91. The summed E-state index contributed by atoms with van der Waals surface area (Å²) in [4.78, 5) is 5.76. The Balaban J connectivity index is 1.85. The van der Waals surface area contributed by atoms with Crippen LogP contribution in [0.25, 0.3) is 10.9 Å². The fourth-order valence-electron chi connectivity index (χ4n) is 2.00. The number of nitrogen functional groups attached to an aromatic ring is 1. The van der Waals surface area contributed by atoms with Gasteiger partial charge in [0.05, 0.1) is 5.52 Å². The Hall–Kier alpha value is -2.42. The van der Waals surface area contributed by atoms with Crippen molar-refractivity contribution in [1.29, 1.82) is 0 Å². The molecule has 2 N–H and O–H groups in total. The molecule has 0 bridgehead atoms. The predicted molar refractivity (Wildman–Crippen MR) is 73.1 cm³/mol. The minimum atomic E-state index is 0.541. The lowest BCUT2D eigenvalue weighted by molar-refractivity contribution is 0.107. The smallest absolute Gasteiger partial charge is 0.140 e. The molecule has 18 heavy (non-hydrogen) atoms. The van der Waals surface area contributed by atoms with E-state index in [2.05, 4.69) is 0 Å². The van der Waals surface area contributed by atoms with Gasteiger partial charge in [0.1, 0.15) is 6.61 Å². The van der Waals surface area contributed by atoms with Crippen molar-refractivity contribution >= 4 is 16.6 Å². The second-order valence-electron chi connectivity index (χ2n) is 4.18. The molecule has 0 spiro atoms. The Bertz CT molecular complexity index is 659. The van der Waals surface area contributed by atoms with Crippen molar-refractivity contribution in [2.24, 2.45) is 0 Å². The monoisotopic (exact) mass is 238 g/mol. The first-order valence-corrected chi connectivity index (χ1v) is 5.87. The van der Waals surface area contributed by atoms with Crippen LogP contribution in [0.4, 0.5) is 5.69 Å². The maximum absolute atomic E-state index is 5.91. The van der Waals surface area contributed by atoms with Gasteiger partial charge in [-0.2, -0.15) is 4.73 Å². The van der Waals surface area contributed by atoms with E-state index in [9.17, 15) is 0 Å². The molecule has 0 saturated carbocycles.